The van der Waals surface area contributed by atoms with Crippen molar-refractivity contribution in [1.82, 2.24) is 24.8 Å². The van der Waals surface area contributed by atoms with Crippen LogP contribution in [0.3, 0.4) is 0 Å². The summed E-state index contributed by atoms with van der Waals surface area (Å²) in [6.45, 7) is 1.43. The van der Waals surface area contributed by atoms with Crippen LogP contribution in [0.5, 0.6) is 0 Å². The van der Waals surface area contributed by atoms with Crippen molar-refractivity contribution in [3.05, 3.63) is 40.4 Å². The monoisotopic (exact) mass is 469 g/mol. The third-order valence-electron chi connectivity index (χ3n) is 4.62. The predicted molar refractivity (Wildman–Crippen MR) is 108 cm³/mol. The Bertz CT molecular complexity index is 912. The topological polar surface area (TPSA) is 106 Å². The van der Waals surface area contributed by atoms with Crippen LogP contribution in [0.2, 0.25) is 0 Å². The molecule has 0 fully saturated rings. The minimum absolute atomic E-state index is 0.0462. The number of nitrogens with one attached hydrogen (secondary N) is 2. The first-order chi connectivity index (χ1) is 13.5. The van der Waals surface area contributed by atoms with Gasteiger partial charge < -0.3 is 9.88 Å². The number of rotatable bonds is 8. The Balaban J connectivity index is 1.40. The van der Waals surface area contributed by atoms with Gasteiger partial charge in [-0.1, -0.05) is 22.4 Å². The summed E-state index contributed by atoms with van der Waals surface area (Å²) in [5.74, 6) is 1.73. The van der Waals surface area contributed by atoms with Gasteiger partial charge in [-0.25, -0.2) is 13.1 Å². The largest absolute Gasteiger partial charge is 0.356 e. The van der Waals surface area contributed by atoms with E-state index >= 15 is 0 Å². The highest BCUT2D eigenvalue weighted by atomic mass is 79.9. The highest BCUT2D eigenvalue weighted by molar-refractivity contribution is 9.10. The fraction of sp³-hybridized carbons (Fsp3) is 0.500. The van der Waals surface area contributed by atoms with Gasteiger partial charge in [0, 0.05) is 43.4 Å². The summed E-state index contributed by atoms with van der Waals surface area (Å²) in [4.78, 5) is 12.2. The lowest BCUT2D eigenvalue weighted by Crippen LogP contribution is -2.32. The van der Waals surface area contributed by atoms with E-state index in [1.54, 1.807) is 12.1 Å². The predicted octanol–water partition coefficient (Wildman–Crippen LogP) is 1.79. The fourth-order valence-electron chi connectivity index (χ4n) is 3.13. The van der Waals surface area contributed by atoms with Crippen molar-refractivity contribution in [3.8, 4) is 0 Å². The minimum Gasteiger partial charge on any atom is -0.356 e. The molecule has 152 valence electrons. The van der Waals surface area contributed by atoms with E-state index in [1.165, 1.54) is 18.6 Å². The molecule has 0 unspecified atom stereocenters. The number of sulfonamides is 1. The van der Waals surface area contributed by atoms with Gasteiger partial charge >= 0.3 is 0 Å². The van der Waals surface area contributed by atoms with Gasteiger partial charge in [0.25, 0.3) is 0 Å². The molecule has 1 aliphatic heterocycles. The molecule has 2 heterocycles. The molecule has 0 spiro atoms. The third-order valence-corrected chi connectivity index (χ3v) is 6.63. The Morgan fingerprint density at radius 3 is 2.68 bits per heavy atom. The van der Waals surface area contributed by atoms with Crippen molar-refractivity contribution in [1.29, 1.82) is 0 Å². The van der Waals surface area contributed by atoms with E-state index in [1.807, 2.05) is 0 Å². The number of hydrogen-bond donors (Lipinski definition) is 2. The number of amides is 1. The van der Waals surface area contributed by atoms with Gasteiger partial charge in [-0.3, -0.25) is 4.79 Å². The van der Waals surface area contributed by atoms with E-state index in [-0.39, 0.29) is 23.8 Å². The zero-order valence-corrected chi connectivity index (χ0v) is 17.9. The molecule has 0 saturated carbocycles. The molecule has 3 rings (SSSR count). The lowest BCUT2D eigenvalue weighted by molar-refractivity contribution is -0.120. The maximum Gasteiger partial charge on any atom is 0.240 e. The molecule has 2 aromatic rings. The molecule has 1 aliphatic rings. The van der Waals surface area contributed by atoms with Crippen LogP contribution < -0.4 is 10.0 Å². The van der Waals surface area contributed by atoms with E-state index < -0.39 is 10.0 Å². The lowest BCUT2D eigenvalue weighted by atomic mass is 10.2. The van der Waals surface area contributed by atoms with E-state index in [2.05, 4.69) is 40.7 Å². The Hall–Kier alpha value is -1.78. The van der Waals surface area contributed by atoms with Crippen LogP contribution in [0, 0.1) is 0 Å². The lowest BCUT2D eigenvalue weighted by Gasteiger charge is -2.09. The van der Waals surface area contributed by atoms with E-state index in [0.717, 1.165) is 41.9 Å². The van der Waals surface area contributed by atoms with Gasteiger partial charge in [-0.2, -0.15) is 0 Å². The second-order valence-electron chi connectivity index (χ2n) is 6.70. The van der Waals surface area contributed by atoms with Gasteiger partial charge in [0.05, 0.1) is 4.90 Å². The van der Waals surface area contributed by atoms with Gasteiger partial charge in [0.15, 0.2) is 0 Å². The smallest absolute Gasteiger partial charge is 0.240 e. The number of fused-ring (bicyclic) bond motifs is 1. The number of carbonyl (C=O) groups is 1. The van der Waals surface area contributed by atoms with Crippen molar-refractivity contribution in [2.75, 3.05) is 13.1 Å². The summed E-state index contributed by atoms with van der Waals surface area (Å²) in [6.07, 6.45) is 5.12. The molecule has 0 saturated heterocycles. The second-order valence-corrected chi connectivity index (χ2v) is 9.38. The molecule has 1 amide bonds. The first-order valence-electron chi connectivity index (χ1n) is 9.38. The van der Waals surface area contributed by atoms with Gasteiger partial charge in [0.1, 0.15) is 11.6 Å². The fourth-order valence-corrected chi connectivity index (χ4v) is 4.42. The highest BCUT2D eigenvalue weighted by Crippen LogP contribution is 2.15. The van der Waals surface area contributed by atoms with Crippen LogP contribution >= 0.6 is 15.9 Å². The molecule has 10 heteroatoms. The summed E-state index contributed by atoms with van der Waals surface area (Å²) in [5.41, 5.74) is 0. The van der Waals surface area contributed by atoms with Gasteiger partial charge in [0.2, 0.25) is 15.9 Å². The van der Waals surface area contributed by atoms with Crippen molar-refractivity contribution < 1.29 is 13.2 Å². The maximum absolute atomic E-state index is 12.2. The Labute approximate surface area is 173 Å². The Morgan fingerprint density at radius 1 is 1.11 bits per heavy atom. The first kappa shape index (κ1) is 20.9. The van der Waals surface area contributed by atoms with Gasteiger partial charge in [-0.05, 0) is 37.1 Å². The number of aryl methyl sites for hydroxylation is 1. The molecular weight excluding hydrogens is 446 g/mol. The second kappa shape index (κ2) is 9.62. The summed E-state index contributed by atoms with van der Waals surface area (Å²) < 4.78 is 29.8. The van der Waals surface area contributed by atoms with Crippen molar-refractivity contribution in [3.63, 3.8) is 0 Å². The zero-order chi connectivity index (χ0) is 20.0. The van der Waals surface area contributed by atoms with E-state index in [4.69, 9.17) is 0 Å². The number of aromatic nitrogens is 3. The maximum atomic E-state index is 12.2. The van der Waals surface area contributed by atoms with Crippen LogP contribution in [-0.2, 0) is 34.2 Å². The zero-order valence-electron chi connectivity index (χ0n) is 15.5. The summed E-state index contributed by atoms with van der Waals surface area (Å²) >= 11 is 3.27. The van der Waals surface area contributed by atoms with Crippen molar-refractivity contribution in [2.24, 2.45) is 0 Å². The molecule has 2 N–H and O–H groups in total. The number of hydrogen-bond acceptors (Lipinski definition) is 5. The highest BCUT2D eigenvalue weighted by Gasteiger charge is 2.16. The molecule has 1 aromatic heterocycles. The van der Waals surface area contributed by atoms with E-state index in [0.29, 0.717) is 13.0 Å². The quantitative estimate of drug-likeness (QED) is 0.612. The summed E-state index contributed by atoms with van der Waals surface area (Å²) in [7, 11) is -3.61. The standard InChI is InChI=1S/C18H24BrN5O3S/c19-14-5-7-15(8-6-14)28(26,27)21-12-10-18(25)20-11-9-17-23-22-16-4-2-1-3-13-24(16)17/h5-8,21H,1-4,9-13H2,(H,20,25). The van der Waals surface area contributed by atoms with Crippen LogP contribution in [0.1, 0.15) is 37.3 Å². The van der Waals surface area contributed by atoms with Crippen LogP contribution in [0.15, 0.2) is 33.6 Å². The molecule has 0 aliphatic carbocycles. The first-order valence-corrected chi connectivity index (χ1v) is 11.7. The molecular formula is C18H24BrN5O3S. The molecule has 1 aromatic carbocycles. The Kier molecular flexibility index (Phi) is 7.19. The number of halogens is 1. The average Bonchev–Trinajstić information content (AvgIpc) is 2.88. The number of benzene rings is 1. The molecule has 28 heavy (non-hydrogen) atoms. The molecule has 0 atom stereocenters. The minimum atomic E-state index is -3.61. The van der Waals surface area contributed by atoms with E-state index in [9.17, 15) is 13.2 Å². The number of carbonyl (C=O) groups excluding carboxylic acids is 1. The normalized spacial score (nSPS) is 14.3. The number of nitrogens with zero attached hydrogens (tertiary/aromatic N) is 3. The summed E-state index contributed by atoms with van der Waals surface area (Å²) in [5, 5.41) is 11.3. The molecule has 0 radical (unpaired) electrons. The van der Waals surface area contributed by atoms with Crippen molar-refractivity contribution in [2.45, 2.75) is 50.0 Å². The summed E-state index contributed by atoms with van der Waals surface area (Å²) in [6, 6.07) is 6.33. The van der Waals surface area contributed by atoms with Crippen LogP contribution in [0.4, 0.5) is 0 Å². The average molecular weight is 470 g/mol. The molecule has 0 bridgehead atoms. The van der Waals surface area contributed by atoms with Crippen LogP contribution in [0.25, 0.3) is 0 Å². The third kappa shape index (κ3) is 5.62. The SMILES string of the molecule is O=C(CCNS(=O)(=O)c1ccc(Br)cc1)NCCc1nnc2n1CCCCC2. The van der Waals surface area contributed by atoms with Crippen LogP contribution in [-0.4, -0.2) is 42.2 Å². The van der Waals surface area contributed by atoms with Crippen molar-refractivity contribution >= 4 is 31.9 Å². The van der Waals surface area contributed by atoms with Gasteiger partial charge in [-0.15, -0.1) is 10.2 Å². The molecule has 8 nitrogen and oxygen atoms in total. The Morgan fingerprint density at radius 2 is 1.89 bits per heavy atom.